The van der Waals surface area contributed by atoms with Gasteiger partial charge < -0.3 is 10.6 Å². The second-order valence-electron chi connectivity index (χ2n) is 3.65. The van der Waals surface area contributed by atoms with Gasteiger partial charge in [0.25, 0.3) is 0 Å². The van der Waals surface area contributed by atoms with Gasteiger partial charge >= 0.3 is 0 Å². The Kier molecular flexibility index (Phi) is 2.42. The lowest BCUT2D eigenvalue weighted by molar-refractivity contribution is 0.624. The van der Waals surface area contributed by atoms with Crippen LogP contribution in [0.25, 0.3) is 0 Å². The highest BCUT2D eigenvalue weighted by Crippen LogP contribution is 2.31. The first kappa shape index (κ1) is 9.46. The van der Waals surface area contributed by atoms with E-state index in [1.165, 1.54) is 6.07 Å². The fraction of sp³-hybridized carbons (Fsp3) is 0.455. The summed E-state index contributed by atoms with van der Waals surface area (Å²) in [5.41, 5.74) is 7.91. The molecule has 0 saturated heterocycles. The van der Waals surface area contributed by atoms with Crippen LogP contribution >= 0.6 is 0 Å². The molecule has 76 valence electrons. The van der Waals surface area contributed by atoms with Crippen molar-refractivity contribution in [3.8, 4) is 0 Å². The number of hydrogen-bond acceptors (Lipinski definition) is 2. The van der Waals surface area contributed by atoms with Gasteiger partial charge in [-0.25, -0.2) is 4.39 Å². The Morgan fingerprint density at radius 2 is 2.36 bits per heavy atom. The maximum absolute atomic E-state index is 13.0. The highest BCUT2D eigenvalue weighted by atomic mass is 19.1. The standard InChI is InChI=1S/C11H15FN2/c1-2-14-10(7-13)6-8-5-9(12)3-4-11(8)14/h3-5,10H,2,6-7,13H2,1H3. The zero-order chi connectivity index (χ0) is 10.1. The van der Waals surface area contributed by atoms with E-state index in [0.29, 0.717) is 12.6 Å². The predicted octanol–water partition coefficient (Wildman–Crippen LogP) is 1.54. The zero-order valence-electron chi connectivity index (χ0n) is 8.33. The molecule has 1 aliphatic heterocycles. The number of hydrogen-bond donors (Lipinski definition) is 1. The maximum atomic E-state index is 13.0. The van der Waals surface area contributed by atoms with Gasteiger partial charge in [0.15, 0.2) is 0 Å². The monoisotopic (exact) mass is 194 g/mol. The van der Waals surface area contributed by atoms with Crippen LogP contribution in [-0.4, -0.2) is 19.1 Å². The number of nitrogens with zero attached hydrogens (tertiary/aromatic N) is 1. The fourth-order valence-corrected chi connectivity index (χ4v) is 2.20. The molecule has 0 fully saturated rings. The molecule has 0 radical (unpaired) electrons. The number of likely N-dealkylation sites (N-methyl/N-ethyl adjacent to an activating group) is 1. The molecule has 0 saturated carbocycles. The number of benzene rings is 1. The average molecular weight is 194 g/mol. The van der Waals surface area contributed by atoms with Gasteiger partial charge in [-0.2, -0.15) is 0 Å². The van der Waals surface area contributed by atoms with Gasteiger partial charge in [0.05, 0.1) is 0 Å². The van der Waals surface area contributed by atoms with E-state index >= 15 is 0 Å². The SMILES string of the molecule is CCN1c2ccc(F)cc2CC1CN. The molecule has 1 aromatic rings. The molecule has 0 aliphatic carbocycles. The van der Waals surface area contributed by atoms with E-state index in [-0.39, 0.29) is 5.82 Å². The normalized spacial score (nSPS) is 19.9. The molecule has 0 spiro atoms. The first-order chi connectivity index (χ1) is 6.76. The third kappa shape index (κ3) is 1.38. The van der Waals surface area contributed by atoms with Crippen molar-refractivity contribution in [1.29, 1.82) is 0 Å². The molecular weight excluding hydrogens is 179 g/mol. The molecule has 0 aromatic heterocycles. The summed E-state index contributed by atoms with van der Waals surface area (Å²) >= 11 is 0. The van der Waals surface area contributed by atoms with Crippen molar-refractivity contribution in [3.05, 3.63) is 29.6 Å². The molecule has 1 unspecified atom stereocenters. The summed E-state index contributed by atoms with van der Waals surface area (Å²) in [7, 11) is 0. The molecule has 1 heterocycles. The molecule has 1 aliphatic rings. The molecule has 2 N–H and O–H groups in total. The molecule has 2 rings (SSSR count). The van der Waals surface area contributed by atoms with Gasteiger partial charge in [0.2, 0.25) is 0 Å². The second-order valence-corrected chi connectivity index (χ2v) is 3.65. The van der Waals surface area contributed by atoms with Crippen LogP contribution in [0.1, 0.15) is 12.5 Å². The molecule has 1 aromatic carbocycles. The van der Waals surface area contributed by atoms with Gasteiger partial charge in [-0.15, -0.1) is 0 Å². The average Bonchev–Trinajstić information content (AvgIpc) is 2.54. The van der Waals surface area contributed by atoms with Gasteiger partial charge in [0, 0.05) is 24.8 Å². The molecular formula is C11H15FN2. The summed E-state index contributed by atoms with van der Waals surface area (Å²) in [5.74, 6) is -0.155. The van der Waals surface area contributed by atoms with Crippen molar-refractivity contribution in [2.45, 2.75) is 19.4 Å². The van der Waals surface area contributed by atoms with Gasteiger partial charge in [-0.05, 0) is 37.1 Å². The maximum Gasteiger partial charge on any atom is 0.123 e. The van der Waals surface area contributed by atoms with Gasteiger partial charge in [-0.3, -0.25) is 0 Å². The Balaban J connectivity index is 2.37. The van der Waals surface area contributed by atoms with Crippen molar-refractivity contribution in [2.24, 2.45) is 5.73 Å². The Morgan fingerprint density at radius 3 is 3.00 bits per heavy atom. The minimum atomic E-state index is -0.155. The summed E-state index contributed by atoms with van der Waals surface area (Å²) in [6.07, 6.45) is 0.872. The lowest BCUT2D eigenvalue weighted by Gasteiger charge is -2.24. The number of halogens is 1. The summed E-state index contributed by atoms with van der Waals surface area (Å²) in [5, 5.41) is 0. The molecule has 3 heteroatoms. The Hall–Kier alpha value is -1.09. The molecule has 2 nitrogen and oxygen atoms in total. The number of rotatable bonds is 2. The van der Waals surface area contributed by atoms with Crippen LogP contribution in [0, 0.1) is 5.82 Å². The van der Waals surface area contributed by atoms with E-state index in [0.717, 1.165) is 24.2 Å². The molecule has 14 heavy (non-hydrogen) atoms. The zero-order valence-corrected chi connectivity index (χ0v) is 8.33. The van der Waals surface area contributed by atoms with E-state index in [4.69, 9.17) is 5.73 Å². The lowest BCUT2D eigenvalue weighted by atomic mass is 10.1. The third-order valence-electron chi connectivity index (χ3n) is 2.86. The van der Waals surface area contributed by atoms with Crippen molar-refractivity contribution in [3.63, 3.8) is 0 Å². The van der Waals surface area contributed by atoms with E-state index in [9.17, 15) is 4.39 Å². The number of nitrogens with two attached hydrogens (primary N) is 1. The highest BCUT2D eigenvalue weighted by molar-refractivity contribution is 5.59. The van der Waals surface area contributed by atoms with E-state index in [1.807, 2.05) is 6.07 Å². The topological polar surface area (TPSA) is 29.3 Å². The molecule has 0 bridgehead atoms. The lowest BCUT2D eigenvalue weighted by Crippen LogP contribution is -2.37. The van der Waals surface area contributed by atoms with Crippen LogP contribution in [0.3, 0.4) is 0 Å². The Morgan fingerprint density at radius 1 is 1.57 bits per heavy atom. The highest BCUT2D eigenvalue weighted by Gasteiger charge is 2.26. The molecule has 1 atom stereocenters. The Bertz CT molecular complexity index is 338. The van der Waals surface area contributed by atoms with Crippen LogP contribution in [0.2, 0.25) is 0 Å². The summed E-state index contributed by atoms with van der Waals surface area (Å²) in [4.78, 5) is 2.24. The van der Waals surface area contributed by atoms with Crippen molar-refractivity contribution in [1.82, 2.24) is 0 Å². The van der Waals surface area contributed by atoms with Crippen molar-refractivity contribution < 1.29 is 4.39 Å². The third-order valence-corrected chi connectivity index (χ3v) is 2.86. The van der Waals surface area contributed by atoms with Crippen LogP contribution in [0.4, 0.5) is 10.1 Å². The van der Waals surface area contributed by atoms with Crippen LogP contribution in [-0.2, 0) is 6.42 Å². The van der Waals surface area contributed by atoms with E-state index in [2.05, 4.69) is 11.8 Å². The number of fused-ring (bicyclic) bond motifs is 1. The second kappa shape index (κ2) is 3.58. The summed E-state index contributed by atoms with van der Waals surface area (Å²) in [6.45, 7) is 3.66. The van der Waals surface area contributed by atoms with Crippen LogP contribution < -0.4 is 10.6 Å². The minimum Gasteiger partial charge on any atom is -0.367 e. The van der Waals surface area contributed by atoms with Crippen LogP contribution in [0.15, 0.2) is 18.2 Å². The van der Waals surface area contributed by atoms with E-state index < -0.39 is 0 Å². The fourth-order valence-electron chi connectivity index (χ4n) is 2.20. The minimum absolute atomic E-state index is 0.155. The van der Waals surface area contributed by atoms with E-state index in [1.54, 1.807) is 6.07 Å². The van der Waals surface area contributed by atoms with Gasteiger partial charge in [-0.1, -0.05) is 0 Å². The number of anilines is 1. The van der Waals surface area contributed by atoms with Crippen LogP contribution in [0.5, 0.6) is 0 Å². The first-order valence-corrected chi connectivity index (χ1v) is 5.01. The van der Waals surface area contributed by atoms with Crippen molar-refractivity contribution >= 4 is 5.69 Å². The summed E-state index contributed by atoms with van der Waals surface area (Å²) < 4.78 is 13.0. The quantitative estimate of drug-likeness (QED) is 0.773. The largest absolute Gasteiger partial charge is 0.367 e. The predicted molar refractivity (Wildman–Crippen MR) is 56.0 cm³/mol. The van der Waals surface area contributed by atoms with Crippen molar-refractivity contribution in [2.75, 3.05) is 18.0 Å². The first-order valence-electron chi connectivity index (χ1n) is 5.01. The summed E-state index contributed by atoms with van der Waals surface area (Å²) in [6, 6.07) is 5.33. The molecule has 0 amide bonds. The smallest absolute Gasteiger partial charge is 0.123 e. The van der Waals surface area contributed by atoms with Gasteiger partial charge in [0.1, 0.15) is 5.82 Å². The Labute approximate surface area is 83.5 Å².